The highest BCUT2D eigenvalue weighted by Gasteiger charge is 2.15. The first-order valence-electron chi connectivity index (χ1n) is 7.87. The first-order valence-corrected chi connectivity index (χ1v) is 7.87. The van der Waals surface area contributed by atoms with Crippen molar-refractivity contribution < 1.29 is 9.47 Å². The highest BCUT2D eigenvalue weighted by Crippen LogP contribution is 2.25. The van der Waals surface area contributed by atoms with Crippen LogP contribution in [0.2, 0.25) is 0 Å². The molecule has 1 aromatic carbocycles. The summed E-state index contributed by atoms with van der Waals surface area (Å²) in [4.78, 5) is 4.29. The number of rotatable bonds is 6. The molecule has 2 heterocycles. The number of nitrogens with zero attached hydrogens (tertiary/aromatic N) is 1. The number of pyridine rings is 1. The van der Waals surface area contributed by atoms with Gasteiger partial charge >= 0.3 is 0 Å². The molecule has 4 heteroatoms. The Kier molecular flexibility index (Phi) is 5.27. The van der Waals surface area contributed by atoms with Crippen LogP contribution in [0.3, 0.4) is 0 Å². The summed E-state index contributed by atoms with van der Waals surface area (Å²) in [6.07, 6.45) is 4.17. The molecule has 0 saturated carbocycles. The van der Waals surface area contributed by atoms with Crippen molar-refractivity contribution in [1.82, 2.24) is 10.3 Å². The van der Waals surface area contributed by atoms with Crippen LogP contribution in [0.5, 0.6) is 11.6 Å². The third-order valence-corrected chi connectivity index (χ3v) is 3.83. The van der Waals surface area contributed by atoms with E-state index in [0.717, 1.165) is 24.4 Å². The molecule has 0 bridgehead atoms. The Hall–Kier alpha value is -2.07. The fourth-order valence-corrected chi connectivity index (χ4v) is 2.59. The average Bonchev–Trinajstić information content (AvgIpc) is 2.61. The minimum Gasteiger partial charge on any atom is -0.488 e. The number of aromatic nitrogens is 1. The monoisotopic (exact) mass is 298 g/mol. The van der Waals surface area contributed by atoms with Crippen molar-refractivity contribution in [2.75, 3.05) is 19.7 Å². The quantitative estimate of drug-likeness (QED) is 0.890. The van der Waals surface area contributed by atoms with Gasteiger partial charge in [0.05, 0.1) is 6.61 Å². The second-order valence-electron chi connectivity index (χ2n) is 5.60. The van der Waals surface area contributed by atoms with Gasteiger partial charge in [0.2, 0.25) is 0 Å². The SMILES string of the molecule is c1ccc(COc2ncccc2OCC2CCCNC2)cc1. The minimum atomic E-state index is 0.499. The van der Waals surface area contributed by atoms with Crippen LogP contribution in [0.1, 0.15) is 18.4 Å². The van der Waals surface area contributed by atoms with Crippen LogP contribution in [-0.4, -0.2) is 24.7 Å². The van der Waals surface area contributed by atoms with Gasteiger partial charge in [-0.15, -0.1) is 0 Å². The van der Waals surface area contributed by atoms with Crippen molar-refractivity contribution in [2.45, 2.75) is 19.4 Å². The van der Waals surface area contributed by atoms with E-state index >= 15 is 0 Å². The molecule has 1 aromatic heterocycles. The van der Waals surface area contributed by atoms with Crippen molar-refractivity contribution in [1.29, 1.82) is 0 Å². The maximum atomic E-state index is 5.94. The second kappa shape index (κ2) is 7.80. The first kappa shape index (κ1) is 14.9. The van der Waals surface area contributed by atoms with Gasteiger partial charge in [0.1, 0.15) is 6.61 Å². The lowest BCUT2D eigenvalue weighted by atomic mass is 10.0. The Morgan fingerprint density at radius 2 is 2.00 bits per heavy atom. The molecular formula is C18H22N2O2. The van der Waals surface area contributed by atoms with E-state index in [1.54, 1.807) is 6.20 Å². The molecule has 2 aromatic rings. The van der Waals surface area contributed by atoms with Gasteiger partial charge in [0, 0.05) is 18.7 Å². The number of benzene rings is 1. The van der Waals surface area contributed by atoms with Gasteiger partial charge in [0.15, 0.2) is 5.75 Å². The Bertz CT molecular complexity index is 568. The lowest BCUT2D eigenvalue weighted by Crippen LogP contribution is -2.33. The summed E-state index contributed by atoms with van der Waals surface area (Å²) in [6, 6.07) is 13.9. The molecule has 4 nitrogen and oxygen atoms in total. The van der Waals surface area contributed by atoms with Crippen LogP contribution in [0, 0.1) is 5.92 Å². The summed E-state index contributed by atoms with van der Waals surface area (Å²) in [5.74, 6) is 1.86. The van der Waals surface area contributed by atoms with Crippen LogP contribution in [0.25, 0.3) is 0 Å². The molecule has 1 fully saturated rings. The first-order chi connectivity index (χ1) is 10.9. The Morgan fingerprint density at radius 1 is 1.09 bits per heavy atom. The van der Waals surface area contributed by atoms with Crippen molar-refractivity contribution in [2.24, 2.45) is 5.92 Å². The van der Waals surface area contributed by atoms with Crippen LogP contribution in [0.4, 0.5) is 0 Å². The molecule has 0 spiro atoms. The molecule has 1 unspecified atom stereocenters. The van der Waals surface area contributed by atoms with Crippen LogP contribution in [0.15, 0.2) is 48.7 Å². The molecule has 3 rings (SSSR count). The van der Waals surface area contributed by atoms with Gasteiger partial charge in [-0.05, 0) is 37.1 Å². The molecule has 1 aliphatic rings. The lowest BCUT2D eigenvalue weighted by molar-refractivity contribution is 0.201. The highest BCUT2D eigenvalue weighted by atomic mass is 16.5. The molecule has 0 amide bonds. The maximum absolute atomic E-state index is 5.94. The van der Waals surface area contributed by atoms with Gasteiger partial charge in [-0.1, -0.05) is 30.3 Å². The van der Waals surface area contributed by atoms with Crippen molar-refractivity contribution >= 4 is 0 Å². The van der Waals surface area contributed by atoms with E-state index in [-0.39, 0.29) is 0 Å². The largest absolute Gasteiger partial charge is 0.488 e. The van der Waals surface area contributed by atoms with E-state index in [1.165, 1.54) is 12.8 Å². The van der Waals surface area contributed by atoms with Gasteiger partial charge < -0.3 is 14.8 Å². The van der Waals surface area contributed by atoms with Crippen LogP contribution >= 0.6 is 0 Å². The zero-order valence-corrected chi connectivity index (χ0v) is 12.7. The van der Waals surface area contributed by atoms with E-state index in [4.69, 9.17) is 9.47 Å². The molecule has 22 heavy (non-hydrogen) atoms. The molecule has 0 radical (unpaired) electrons. The number of hydrogen-bond donors (Lipinski definition) is 1. The molecule has 0 aliphatic carbocycles. The van der Waals surface area contributed by atoms with Gasteiger partial charge in [-0.25, -0.2) is 4.98 Å². The highest BCUT2D eigenvalue weighted by molar-refractivity contribution is 5.32. The van der Waals surface area contributed by atoms with E-state index in [2.05, 4.69) is 10.3 Å². The fraction of sp³-hybridized carbons (Fsp3) is 0.389. The topological polar surface area (TPSA) is 43.4 Å². The third kappa shape index (κ3) is 4.21. The van der Waals surface area contributed by atoms with E-state index in [0.29, 0.717) is 25.0 Å². The normalized spacial score (nSPS) is 17.9. The number of ether oxygens (including phenoxy) is 2. The second-order valence-corrected chi connectivity index (χ2v) is 5.60. The summed E-state index contributed by atoms with van der Waals surface area (Å²) in [5.41, 5.74) is 1.12. The Balaban J connectivity index is 1.57. The van der Waals surface area contributed by atoms with Gasteiger partial charge in [-0.2, -0.15) is 0 Å². The Morgan fingerprint density at radius 3 is 2.82 bits per heavy atom. The summed E-state index contributed by atoms with van der Waals surface area (Å²) in [6.45, 7) is 3.36. The van der Waals surface area contributed by atoms with Crippen molar-refractivity contribution in [3.05, 3.63) is 54.2 Å². The summed E-state index contributed by atoms with van der Waals surface area (Å²) >= 11 is 0. The maximum Gasteiger partial charge on any atom is 0.257 e. The Labute approximate surface area is 131 Å². The smallest absolute Gasteiger partial charge is 0.257 e. The summed E-state index contributed by atoms with van der Waals surface area (Å²) < 4.78 is 11.7. The number of nitrogens with one attached hydrogen (secondary N) is 1. The van der Waals surface area contributed by atoms with Crippen LogP contribution < -0.4 is 14.8 Å². The zero-order chi connectivity index (χ0) is 15.0. The summed E-state index contributed by atoms with van der Waals surface area (Å²) in [7, 11) is 0. The van der Waals surface area contributed by atoms with Gasteiger partial charge in [-0.3, -0.25) is 0 Å². The fourth-order valence-electron chi connectivity index (χ4n) is 2.59. The summed E-state index contributed by atoms with van der Waals surface area (Å²) in [5, 5.41) is 3.41. The van der Waals surface area contributed by atoms with Crippen molar-refractivity contribution in [3.8, 4) is 11.6 Å². The lowest BCUT2D eigenvalue weighted by Gasteiger charge is -2.23. The molecule has 1 aliphatic heterocycles. The molecule has 1 N–H and O–H groups in total. The number of hydrogen-bond acceptors (Lipinski definition) is 4. The van der Waals surface area contributed by atoms with E-state index in [1.807, 2.05) is 42.5 Å². The predicted octanol–water partition coefficient (Wildman–Crippen LogP) is 3.04. The van der Waals surface area contributed by atoms with Crippen molar-refractivity contribution in [3.63, 3.8) is 0 Å². The van der Waals surface area contributed by atoms with E-state index < -0.39 is 0 Å². The third-order valence-electron chi connectivity index (χ3n) is 3.83. The van der Waals surface area contributed by atoms with Gasteiger partial charge in [0.25, 0.3) is 5.88 Å². The molecular weight excluding hydrogens is 276 g/mol. The zero-order valence-electron chi connectivity index (χ0n) is 12.7. The average molecular weight is 298 g/mol. The molecule has 1 saturated heterocycles. The minimum absolute atomic E-state index is 0.499. The molecule has 1 atom stereocenters. The molecule has 116 valence electrons. The van der Waals surface area contributed by atoms with Crippen LogP contribution in [-0.2, 0) is 6.61 Å². The number of piperidine rings is 1. The standard InChI is InChI=1S/C18H22N2O2/c1-2-6-15(7-3-1)13-22-18-17(9-5-11-20-18)21-14-16-8-4-10-19-12-16/h1-3,5-7,9,11,16,19H,4,8,10,12-14H2. The van der Waals surface area contributed by atoms with E-state index in [9.17, 15) is 0 Å². The predicted molar refractivity (Wildman–Crippen MR) is 86.1 cm³/mol.